The van der Waals surface area contributed by atoms with E-state index in [4.69, 9.17) is 4.74 Å². The van der Waals surface area contributed by atoms with Gasteiger partial charge in [-0.1, -0.05) is 18.7 Å². The monoisotopic (exact) mass is 300 g/mol. The normalized spacial score (nSPS) is 18.1. The van der Waals surface area contributed by atoms with Gasteiger partial charge in [-0.25, -0.2) is 9.07 Å². The summed E-state index contributed by atoms with van der Waals surface area (Å²) in [6.07, 6.45) is 5.32. The molecule has 114 valence electrons. The van der Waals surface area contributed by atoms with Crippen LogP contribution in [0.4, 0.5) is 4.39 Å². The van der Waals surface area contributed by atoms with Gasteiger partial charge in [0.15, 0.2) is 6.29 Å². The van der Waals surface area contributed by atoms with E-state index in [0.29, 0.717) is 23.4 Å². The third kappa shape index (κ3) is 2.85. The highest BCUT2D eigenvalue weighted by Crippen LogP contribution is 2.27. The molecule has 1 aromatic heterocycles. The number of carbonyl (C=O) groups excluding carboxylic acids is 1. The molecule has 0 amide bonds. The van der Waals surface area contributed by atoms with E-state index < -0.39 is 0 Å². The molecule has 0 bridgehead atoms. The van der Waals surface area contributed by atoms with Gasteiger partial charge in [-0.3, -0.25) is 4.79 Å². The van der Waals surface area contributed by atoms with E-state index in [1.807, 2.05) is 0 Å². The molecule has 1 atom stereocenters. The minimum Gasteiger partial charge on any atom is -0.357 e. The van der Waals surface area contributed by atoms with E-state index in [9.17, 15) is 9.18 Å². The third-order valence-electron chi connectivity index (χ3n) is 3.82. The van der Waals surface area contributed by atoms with E-state index in [2.05, 4.69) is 11.7 Å². The van der Waals surface area contributed by atoms with E-state index in [-0.39, 0.29) is 12.0 Å². The number of rotatable bonds is 4. The predicted molar refractivity (Wildman–Crippen MR) is 81.0 cm³/mol. The third-order valence-corrected chi connectivity index (χ3v) is 3.82. The van der Waals surface area contributed by atoms with Gasteiger partial charge in [-0.2, -0.15) is 5.10 Å². The highest BCUT2D eigenvalue weighted by Gasteiger charge is 2.20. The van der Waals surface area contributed by atoms with Crippen LogP contribution in [0.25, 0.3) is 5.57 Å². The summed E-state index contributed by atoms with van der Waals surface area (Å²) in [6.45, 7) is 4.70. The molecule has 0 spiro atoms. The highest BCUT2D eigenvalue weighted by molar-refractivity contribution is 5.88. The Bertz CT molecular complexity index is 685. The first-order valence-electron chi connectivity index (χ1n) is 7.30. The molecule has 0 N–H and O–H groups in total. The maximum absolute atomic E-state index is 13.0. The molecule has 1 aromatic carbocycles. The van der Waals surface area contributed by atoms with Crippen molar-refractivity contribution in [1.82, 2.24) is 9.78 Å². The van der Waals surface area contributed by atoms with Crippen molar-refractivity contribution in [3.63, 3.8) is 0 Å². The summed E-state index contributed by atoms with van der Waals surface area (Å²) < 4.78 is 20.4. The summed E-state index contributed by atoms with van der Waals surface area (Å²) in [4.78, 5) is 11.3. The lowest BCUT2D eigenvalue weighted by atomic mass is 10.0. The summed E-state index contributed by atoms with van der Waals surface area (Å²) >= 11 is 0. The Morgan fingerprint density at radius 3 is 2.77 bits per heavy atom. The maximum atomic E-state index is 13.0. The summed E-state index contributed by atoms with van der Waals surface area (Å²) in [5.41, 5.74) is 2.30. The van der Waals surface area contributed by atoms with E-state index >= 15 is 0 Å². The quantitative estimate of drug-likeness (QED) is 0.810. The fourth-order valence-corrected chi connectivity index (χ4v) is 2.59. The number of halogens is 1. The molecule has 1 fully saturated rings. The van der Waals surface area contributed by atoms with Crippen LogP contribution in [0.15, 0.2) is 37.0 Å². The molecule has 0 radical (unpaired) electrons. The highest BCUT2D eigenvalue weighted by atomic mass is 19.1. The van der Waals surface area contributed by atoms with Crippen molar-refractivity contribution in [3.8, 4) is 0 Å². The standard InChI is InChI=1S/C17H17FN2O2/c1-12(13-5-7-15(18)8-6-13)17-14(11-21)10-20(19-17)16-4-2-3-9-22-16/h5-8,10-11,16H,1-4,9H2. The molecule has 2 heterocycles. The Balaban J connectivity index is 1.92. The molecule has 1 aliphatic heterocycles. The van der Waals surface area contributed by atoms with Gasteiger partial charge >= 0.3 is 0 Å². The van der Waals surface area contributed by atoms with Crippen molar-refractivity contribution >= 4 is 11.9 Å². The van der Waals surface area contributed by atoms with Crippen molar-refractivity contribution in [2.75, 3.05) is 6.61 Å². The molecule has 22 heavy (non-hydrogen) atoms. The molecule has 1 aliphatic rings. The van der Waals surface area contributed by atoms with Gasteiger partial charge in [0.05, 0.1) is 5.56 Å². The summed E-state index contributed by atoms with van der Waals surface area (Å²) in [5.74, 6) is -0.312. The number of hydrogen-bond acceptors (Lipinski definition) is 3. The Morgan fingerprint density at radius 2 is 2.14 bits per heavy atom. The number of carbonyl (C=O) groups is 1. The number of benzene rings is 1. The average Bonchev–Trinajstić information content (AvgIpc) is 3.00. The van der Waals surface area contributed by atoms with Crippen LogP contribution in [0.5, 0.6) is 0 Å². The first-order valence-corrected chi connectivity index (χ1v) is 7.30. The van der Waals surface area contributed by atoms with Gasteiger partial charge in [0, 0.05) is 18.4 Å². The van der Waals surface area contributed by atoms with E-state index in [1.54, 1.807) is 23.0 Å². The second-order valence-electron chi connectivity index (χ2n) is 5.34. The first kappa shape index (κ1) is 14.7. The summed E-state index contributed by atoms with van der Waals surface area (Å²) in [6, 6.07) is 5.98. The lowest BCUT2D eigenvalue weighted by Crippen LogP contribution is -2.18. The molecule has 2 aromatic rings. The molecular formula is C17H17FN2O2. The smallest absolute Gasteiger partial charge is 0.153 e. The Hall–Kier alpha value is -2.27. The zero-order chi connectivity index (χ0) is 15.5. The zero-order valence-electron chi connectivity index (χ0n) is 12.2. The van der Waals surface area contributed by atoms with Gasteiger partial charge in [-0.15, -0.1) is 0 Å². The maximum Gasteiger partial charge on any atom is 0.153 e. The molecule has 1 unspecified atom stereocenters. The zero-order valence-corrected chi connectivity index (χ0v) is 12.2. The fourth-order valence-electron chi connectivity index (χ4n) is 2.59. The van der Waals surface area contributed by atoms with E-state index in [1.165, 1.54) is 12.1 Å². The lowest BCUT2D eigenvalue weighted by molar-refractivity contribution is -0.0395. The summed E-state index contributed by atoms with van der Waals surface area (Å²) in [5, 5.41) is 4.47. The van der Waals surface area contributed by atoms with Crippen LogP contribution in [0.2, 0.25) is 0 Å². The molecule has 3 rings (SSSR count). The van der Waals surface area contributed by atoms with Crippen LogP contribution in [-0.2, 0) is 4.74 Å². The second kappa shape index (κ2) is 6.23. The van der Waals surface area contributed by atoms with Crippen LogP contribution in [0.3, 0.4) is 0 Å². The minimum absolute atomic E-state index is 0.137. The van der Waals surface area contributed by atoms with Crippen LogP contribution in [-0.4, -0.2) is 22.7 Å². The summed E-state index contributed by atoms with van der Waals surface area (Å²) in [7, 11) is 0. The van der Waals surface area contributed by atoms with E-state index in [0.717, 1.165) is 31.1 Å². The lowest BCUT2D eigenvalue weighted by Gasteiger charge is -2.22. The Labute approximate surface area is 128 Å². The predicted octanol–water partition coefficient (Wildman–Crippen LogP) is 3.60. The minimum atomic E-state index is -0.312. The van der Waals surface area contributed by atoms with Crippen molar-refractivity contribution in [2.24, 2.45) is 0 Å². The van der Waals surface area contributed by atoms with Crippen LogP contribution < -0.4 is 0 Å². The van der Waals surface area contributed by atoms with Gasteiger partial charge in [-0.05, 0) is 37.0 Å². The molecule has 5 heteroatoms. The largest absolute Gasteiger partial charge is 0.357 e. The molecule has 1 saturated heterocycles. The van der Waals surface area contributed by atoms with Crippen molar-refractivity contribution in [3.05, 3.63) is 59.7 Å². The number of nitrogens with zero attached hydrogens (tertiary/aromatic N) is 2. The number of aromatic nitrogens is 2. The molecule has 4 nitrogen and oxygen atoms in total. The van der Waals surface area contributed by atoms with Crippen LogP contribution in [0, 0.1) is 5.82 Å². The Kier molecular flexibility index (Phi) is 4.15. The van der Waals surface area contributed by atoms with Crippen molar-refractivity contribution in [1.29, 1.82) is 0 Å². The van der Waals surface area contributed by atoms with Gasteiger partial charge < -0.3 is 4.74 Å². The number of hydrogen-bond donors (Lipinski definition) is 0. The molecule has 0 aliphatic carbocycles. The van der Waals surface area contributed by atoms with Crippen molar-refractivity contribution in [2.45, 2.75) is 25.5 Å². The van der Waals surface area contributed by atoms with Crippen LogP contribution in [0.1, 0.15) is 47.1 Å². The van der Waals surface area contributed by atoms with Gasteiger partial charge in [0.1, 0.15) is 17.7 Å². The van der Waals surface area contributed by atoms with Crippen LogP contribution >= 0.6 is 0 Å². The van der Waals surface area contributed by atoms with Gasteiger partial charge in [0.2, 0.25) is 0 Å². The second-order valence-corrected chi connectivity index (χ2v) is 5.34. The number of ether oxygens (including phenoxy) is 1. The number of aldehydes is 1. The average molecular weight is 300 g/mol. The van der Waals surface area contributed by atoms with Crippen molar-refractivity contribution < 1.29 is 13.9 Å². The molecular weight excluding hydrogens is 283 g/mol. The SMILES string of the molecule is C=C(c1ccc(F)cc1)c1nn(C2CCCCO2)cc1C=O. The fraction of sp³-hybridized carbons (Fsp3) is 0.294. The molecule has 0 saturated carbocycles. The Morgan fingerprint density at radius 1 is 1.36 bits per heavy atom. The topological polar surface area (TPSA) is 44.1 Å². The first-order chi connectivity index (χ1) is 10.7. The van der Waals surface area contributed by atoms with Gasteiger partial charge in [0.25, 0.3) is 0 Å².